The first-order valence-electron chi connectivity index (χ1n) is 10.7. The molecular formula is C25H21Cl2FN4O3. The standard InChI is InChI=1S/C25H21Cl2FN4O3/c1-2-34-10-11-35-25-30-23(16-4-3-5-20(28)14-16)32(31-25)22-8-6-21(7-9-22)29-24(33)17-12-18(26)15-19(27)13-17/h3-9,12-15H,2,10-11H2,1H3,(H,29,33). The summed E-state index contributed by atoms with van der Waals surface area (Å²) in [5.74, 6) is -0.343. The van der Waals surface area contributed by atoms with Gasteiger partial charge in [-0.05, 0) is 61.5 Å². The Kier molecular flexibility index (Phi) is 7.97. The van der Waals surface area contributed by atoms with E-state index in [0.717, 1.165) is 0 Å². The van der Waals surface area contributed by atoms with Crippen LogP contribution in [0.25, 0.3) is 17.1 Å². The van der Waals surface area contributed by atoms with Crippen LogP contribution >= 0.6 is 23.2 Å². The molecule has 0 aliphatic carbocycles. The van der Waals surface area contributed by atoms with Crippen LogP contribution in [0.15, 0.2) is 66.7 Å². The van der Waals surface area contributed by atoms with E-state index in [0.29, 0.717) is 51.6 Å². The molecule has 0 bridgehead atoms. The summed E-state index contributed by atoms with van der Waals surface area (Å²) in [6.45, 7) is 3.14. The van der Waals surface area contributed by atoms with E-state index in [4.69, 9.17) is 32.7 Å². The van der Waals surface area contributed by atoms with Gasteiger partial charge in [-0.25, -0.2) is 9.07 Å². The fraction of sp³-hybridized carbons (Fsp3) is 0.160. The van der Waals surface area contributed by atoms with Crippen molar-refractivity contribution in [2.45, 2.75) is 6.92 Å². The summed E-state index contributed by atoms with van der Waals surface area (Å²) in [5.41, 5.74) is 2.06. The normalized spacial score (nSPS) is 10.9. The number of hydrogen-bond acceptors (Lipinski definition) is 5. The van der Waals surface area contributed by atoms with E-state index in [9.17, 15) is 9.18 Å². The Balaban J connectivity index is 1.58. The maximum absolute atomic E-state index is 13.9. The minimum atomic E-state index is -0.393. The molecule has 10 heteroatoms. The zero-order valence-electron chi connectivity index (χ0n) is 18.7. The van der Waals surface area contributed by atoms with Crippen LogP contribution < -0.4 is 10.1 Å². The zero-order valence-corrected chi connectivity index (χ0v) is 20.2. The summed E-state index contributed by atoms with van der Waals surface area (Å²) < 4.78 is 26.3. The fourth-order valence-corrected chi connectivity index (χ4v) is 3.79. The number of halogens is 3. The van der Waals surface area contributed by atoms with Gasteiger partial charge in [-0.15, -0.1) is 5.10 Å². The van der Waals surface area contributed by atoms with Crippen molar-refractivity contribution >= 4 is 34.8 Å². The second-order valence-electron chi connectivity index (χ2n) is 7.34. The van der Waals surface area contributed by atoms with Crippen molar-refractivity contribution in [3.8, 4) is 23.1 Å². The predicted molar refractivity (Wildman–Crippen MR) is 133 cm³/mol. The lowest BCUT2D eigenvalue weighted by atomic mass is 10.2. The minimum absolute atomic E-state index is 0.138. The molecule has 4 rings (SSSR count). The Labute approximate surface area is 211 Å². The molecule has 0 aliphatic rings. The number of amides is 1. The van der Waals surface area contributed by atoms with E-state index in [1.165, 1.54) is 24.3 Å². The van der Waals surface area contributed by atoms with Crippen LogP contribution in [0.2, 0.25) is 10.0 Å². The van der Waals surface area contributed by atoms with Crippen molar-refractivity contribution in [3.63, 3.8) is 0 Å². The molecule has 0 spiro atoms. The summed E-state index contributed by atoms with van der Waals surface area (Å²) in [7, 11) is 0. The van der Waals surface area contributed by atoms with Crippen molar-refractivity contribution in [2.75, 3.05) is 25.1 Å². The zero-order chi connectivity index (χ0) is 24.8. The monoisotopic (exact) mass is 514 g/mol. The maximum Gasteiger partial charge on any atom is 0.336 e. The molecule has 1 amide bonds. The Morgan fingerprint density at radius 3 is 2.46 bits per heavy atom. The number of rotatable bonds is 9. The van der Waals surface area contributed by atoms with Crippen molar-refractivity contribution in [1.29, 1.82) is 0 Å². The lowest BCUT2D eigenvalue weighted by Gasteiger charge is -2.09. The summed E-state index contributed by atoms with van der Waals surface area (Å²) >= 11 is 12.0. The Morgan fingerprint density at radius 2 is 1.77 bits per heavy atom. The van der Waals surface area contributed by atoms with Gasteiger partial charge < -0.3 is 14.8 Å². The van der Waals surface area contributed by atoms with Gasteiger partial charge >= 0.3 is 6.01 Å². The van der Waals surface area contributed by atoms with Gasteiger partial charge in [0.05, 0.1) is 12.3 Å². The maximum atomic E-state index is 13.9. The number of carbonyl (C=O) groups excluding carboxylic acids is 1. The number of aromatic nitrogens is 3. The quantitative estimate of drug-likeness (QED) is 0.275. The van der Waals surface area contributed by atoms with E-state index in [1.807, 2.05) is 6.92 Å². The SMILES string of the molecule is CCOCCOc1nc(-c2cccc(F)c2)n(-c2ccc(NC(=O)c3cc(Cl)cc(Cl)c3)cc2)n1. The Bertz CT molecular complexity index is 1310. The second kappa shape index (κ2) is 11.3. The third kappa shape index (κ3) is 6.36. The van der Waals surface area contributed by atoms with Crippen LogP contribution in [0.3, 0.4) is 0 Å². The first kappa shape index (κ1) is 24.7. The molecule has 1 N–H and O–H groups in total. The van der Waals surface area contributed by atoms with Gasteiger partial charge in [-0.3, -0.25) is 4.79 Å². The van der Waals surface area contributed by atoms with Gasteiger partial charge in [0, 0.05) is 33.5 Å². The topological polar surface area (TPSA) is 78.3 Å². The molecule has 0 fully saturated rings. The van der Waals surface area contributed by atoms with Gasteiger partial charge in [0.1, 0.15) is 12.4 Å². The van der Waals surface area contributed by atoms with Crippen molar-refractivity contribution in [2.24, 2.45) is 0 Å². The first-order valence-corrected chi connectivity index (χ1v) is 11.5. The molecule has 35 heavy (non-hydrogen) atoms. The largest absolute Gasteiger partial charge is 0.460 e. The number of nitrogens with one attached hydrogen (secondary N) is 1. The van der Waals surface area contributed by atoms with Gasteiger partial charge in [0.2, 0.25) is 0 Å². The summed E-state index contributed by atoms with van der Waals surface area (Å²) in [6, 6.07) is 17.7. The van der Waals surface area contributed by atoms with Crippen LogP contribution in [0, 0.1) is 5.82 Å². The van der Waals surface area contributed by atoms with Crippen molar-refractivity contribution in [1.82, 2.24) is 14.8 Å². The highest BCUT2D eigenvalue weighted by Crippen LogP contribution is 2.25. The molecule has 3 aromatic carbocycles. The van der Waals surface area contributed by atoms with Crippen molar-refractivity contribution in [3.05, 3.63) is 88.2 Å². The molecule has 1 heterocycles. The third-order valence-corrected chi connectivity index (χ3v) is 5.26. The van der Waals surface area contributed by atoms with E-state index < -0.39 is 5.82 Å². The van der Waals surface area contributed by atoms with E-state index in [2.05, 4.69) is 15.4 Å². The minimum Gasteiger partial charge on any atom is -0.460 e. The van der Waals surface area contributed by atoms with Gasteiger partial charge in [0.15, 0.2) is 5.82 Å². The summed E-state index contributed by atoms with van der Waals surface area (Å²) in [4.78, 5) is 17.0. The molecule has 0 saturated carbocycles. The Hall–Kier alpha value is -3.46. The molecular weight excluding hydrogens is 494 g/mol. The predicted octanol–water partition coefficient (Wildman–Crippen LogP) is 6.05. The molecule has 4 aromatic rings. The highest BCUT2D eigenvalue weighted by atomic mass is 35.5. The average molecular weight is 515 g/mol. The summed E-state index contributed by atoms with van der Waals surface area (Å²) in [6.07, 6.45) is 0. The Morgan fingerprint density at radius 1 is 1.03 bits per heavy atom. The fourth-order valence-electron chi connectivity index (χ4n) is 3.26. The molecule has 0 radical (unpaired) electrons. The van der Waals surface area contributed by atoms with Crippen LogP contribution in [0.4, 0.5) is 10.1 Å². The number of nitrogens with zero attached hydrogens (tertiary/aromatic N) is 3. The highest BCUT2D eigenvalue weighted by molar-refractivity contribution is 6.35. The van der Waals surface area contributed by atoms with Crippen LogP contribution in [-0.2, 0) is 4.74 Å². The highest BCUT2D eigenvalue weighted by Gasteiger charge is 2.16. The smallest absolute Gasteiger partial charge is 0.336 e. The van der Waals surface area contributed by atoms with Crippen LogP contribution in [0.5, 0.6) is 6.01 Å². The summed E-state index contributed by atoms with van der Waals surface area (Å²) in [5, 5.41) is 7.97. The molecule has 0 saturated heterocycles. The first-order chi connectivity index (χ1) is 16.9. The van der Waals surface area contributed by atoms with Crippen LogP contribution in [-0.4, -0.2) is 40.5 Å². The molecule has 180 valence electrons. The number of hydrogen-bond donors (Lipinski definition) is 1. The second-order valence-corrected chi connectivity index (χ2v) is 8.22. The van der Waals surface area contributed by atoms with Gasteiger partial charge in [0.25, 0.3) is 5.91 Å². The number of ether oxygens (including phenoxy) is 2. The lowest BCUT2D eigenvalue weighted by molar-refractivity contribution is 0.102. The molecule has 0 unspecified atom stereocenters. The third-order valence-electron chi connectivity index (χ3n) is 4.83. The van der Waals surface area contributed by atoms with E-state index >= 15 is 0 Å². The number of anilines is 1. The molecule has 0 atom stereocenters. The number of benzene rings is 3. The average Bonchev–Trinajstić information content (AvgIpc) is 3.26. The van der Waals surface area contributed by atoms with E-state index in [-0.39, 0.29) is 18.5 Å². The van der Waals surface area contributed by atoms with Crippen molar-refractivity contribution < 1.29 is 18.7 Å². The van der Waals surface area contributed by atoms with E-state index in [1.54, 1.807) is 47.1 Å². The van der Waals surface area contributed by atoms with Gasteiger partial charge in [-0.1, -0.05) is 35.3 Å². The van der Waals surface area contributed by atoms with Gasteiger partial charge in [-0.2, -0.15) is 4.98 Å². The molecule has 7 nitrogen and oxygen atoms in total. The van der Waals surface area contributed by atoms with Crippen LogP contribution in [0.1, 0.15) is 17.3 Å². The number of carbonyl (C=O) groups is 1. The molecule has 0 aliphatic heterocycles. The lowest BCUT2D eigenvalue weighted by Crippen LogP contribution is -2.12. The molecule has 1 aromatic heterocycles.